The molecule has 5 unspecified atom stereocenters. The lowest BCUT2D eigenvalue weighted by Crippen LogP contribution is -2.58. The van der Waals surface area contributed by atoms with E-state index >= 15 is 0 Å². The fourth-order valence-electron chi connectivity index (χ4n) is 3.36. The fraction of sp³-hybridized carbons (Fsp3) is 0.478. The number of amides is 4. The zero-order chi connectivity index (χ0) is 29.7. The van der Waals surface area contributed by atoms with E-state index in [1.807, 2.05) is 0 Å². The minimum atomic E-state index is -1.67. The number of aliphatic imine (C=N–C) groups is 1. The van der Waals surface area contributed by atoms with Crippen LogP contribution >= 0.6 is 0 Å². The van der Waals surface area contributed by atoms with E-state index in [-0.39, 0.29) is 37.5 Å². The Morgan fingerprint density at radius 3 is 2.00 bits per heavy atom. The number of aliphatic carboxylic acids is 1. The van der Waals surface area contributed by atoms with Gasteiger partial charge in [0, 0.05) is 6.54 Å². The molecule has 216 valence electrons. The molecule has 1 rings (SSSR count). The molecule has 0 fully saturated rings. The number of benzene rings is 1. The van der Waals surface area contributed by atoms with Crippen LogP contribution in [0.3, 0.4) is 0 Å². The smallest absolute Gasteiger partial charge is 0.328 e. The summed E-state index contributed by atoms with van der Waals surface area (Å²) in [7, 11) is 0. The van der Waals surface area contributed by atoms with Gasteiger partial charge in [-0.05, 0) is 43.9 Å². The third-order valence-corrected chi connectivity index (χ3v) is 5.39. The SMILES string of the molecule is CC(O)C(NC(=O)C(CCCN=C(N)N)NC(=O)C(CC(N)=O)NC(=O)C(N)Cc1ccc(O)cc1)C(=O)O. The first-order valence-corrected chi connectivity index (χ1v) is 11.9. The summed E-state index contributed by atoms with van der Waals surface area (Å²) in [4.78, 5) is 65.3. The molecule has 5 atom stereocenters. The largest absolute Gasteiger partial charge is 0.508 e. The van der Waals surface area contributed by atoms with Crippen LogP contribution in [-0.2, 0) is 30.4 Å². The molecule has 0 saturated heterocycles. The van der Waals surface area contributed by atoms with Crippen molar-refractivity contribution in [1.82, 2.24) is 16.0 Å². The molecule has 0 aromatic heterocycles. The first-order chi connectivity index (χ1) is 18.2. The Bertz CT molecular complexity index is 1040. The monoisotopic (exact) mass is 552 g/mol. The quantitative estimate of drug-likeness (QED) is 0.0537. The van der Waals surface area contributed by atoms with Crippen molar-refractivity contribution in [1.29, 1.82) is 0 Å². The van der Waals surface area contributed by atoms with E-state index in [2.05, 4.69) is 20.9 Å². The predicted octanol–water partition coefficient (Wildman–Crippen LogP) is -3.89. The number of primary amides is 1. The summed E-state index contributed by atoms with van der Waals surface area (Å²) < 4.78 is 0. The van der Waals surface area contributed by atoms with Crippen molar-refractivity contribution < 1.29 is 39.3 Å². The molecule has 0 heterocycles. The highest BCUT2D eigenvalue weighted by molar-refractivity contribution is 5.96. The highest BCUT2D eigenvalue weighted by Crippen LogP contribution is 2.11. The maximum atomic E-state index is 13.0. The first-order valence-electron chi connectivity index (χ1n) is 11.9. The third kappa shape index (κ3) is 12.1. The Balaban J connectivity index is 3.03. The molecule has 0 bridgehead atoms. The Morgan fingerprint density at radius 2 is 1.49 bits per heavy atom. The van der Waals surface area contributed by atoms with Gasteiger partial charge in [-0.15, -0.1) is 0 Å². The Kier molecular flexibility index (Phi) is 13.1. The van der Waals surface area contributed by atoms with Gasteiger partial charge in [-0.3, -0.25) is 24.2 Å². The number of aromatic hydroxyl groups is 1. The Hall–Kier alpha value is -4.44. The van der Waals surface area contributed by atoms with E-state index in [0.29, 0.717) is 5.56 Å². The molecule has 16 heteroatoms. The number of nitrogens with zero attached hydrogens (tertiary/aromatic N) is 1. The van der Waals surface area contributed by atoms with Gasteiger partial charge >= 0.3 is 5.97 Å². The zero-order valence-electron chi connectivity index (χ0n) is 21.4. The average Bonchev–Trinajstić information content (AvgIpc) is 2.84. The van der Waals surface area contributed by atoms with Gasteiger partial charge in [0.25, 0.3) is 0 Å². The summed E-state index contributed by atoms with van der Waals surface area (Å²) in [5.74, 6) is -5.33. The maximum Gasteiger partial charge on any atom is 0.328 e. The number of carboxylic acids is 1. The van der Waals surface area contributed by atoms with Crippen molar-refractivity contribution in [3.8, 4) is 5.75 Å². The van der Waals surface area contributed by atoms with Gasteiger partial charge in [0.1, 0.15) is 17.8 Å². The molecule has 4 amide bonds. The molecule has 0 saturated carbocycles. The summed E-state index contributed by atoms with van der Waals surface area (Å²) >= 11 is 0. The number of hydrogen-bond donors (Lipinski definition) is 10. The van der Waals surface area contributed by atoms with Crippen LogP contribution in [0.5, 0.6) is 5.75 Å². The van der Waals surface area contributed by atoms with Crippen LogP contribution in [0.4, 0.5) is 0 Å². The van der Waals surface area contributed by atoms with Gasteiger partial charge in [-0.1, -0.05) is 12.1 Å². The lowest BCUT2D eigenvalue weighted by molar-refractivity contribution is -0.145. The number of carboxylic acid groups (broad SMARTS) is 1. The van der Waals surface area contributed by atoms with Gasteiger partial charge < -0.3 is 54.2 Å². The Labute approximate surface area is 224 Å². The molecule has 14 N–H and O–H groups in total. The summed E-state index contributed by atoms with van der Waals surface area (Å²) in [6, 6.07) is 0.249. The van der Waals surface area contributed by atoms with Crippen LogP contribution in [0, 0.1) is 0 Å². The van der Waals surface area contributed by atoms with Crippen LogP contribution in [0.25, 0.3) is 0 Å². The number of aliphatic hydroxyl groups excluding tert-OH is 1. The van der Waals surface area contributed by atoms with Gasteiger partial charge in [0.15, 0.2) is 12.0 Å². The molecular formula is C23H36N8O8. The van der Waals surface area contributed by atoms with Crippen LogP contribution in [0.1, 0.15) is 31.7 Å². The van der Waals surface area contributed by atoms with Gasteiger partial charge in [0.05, 0.1) is 18.6 Å². The molecule has 39 heavy (non-hydrogen) atoms. The lowest BCUT2D eigenvalue weighted by atomic mass is 10.0. The fourth-order valence-corrected chi connectivity index (χ4v) is 3.36. The Morgan fingerprint density at radius 1 is 0.923 bits per heavy atom. The van der Waals surface area contributed by atoms with E-state index in [0.717, 1.165) is 6.92 Å². The molecule has 0 spiro atoms. The normalized spacial score (nSPS) is 14.5. The molecule has 0 radical (unpaired) electrons. The first kappa shape index (κ1) is 32.6. The van der Waals surface area contributed by atoms with Crippen LogP contribution < -0.4 is 38.9 Å². The number of carbonyl (C=O) groups excluding carboxylic acids is 4. The number of phenolic OH excluding ortho intramolecular Hbond substituents is 1. The number of rotatable bonds is 16. The topological polar surface area (TPSA) is 299 Å². The number of guanidine groups is 1. The summed E-state index contributed by atoms with van der Waals surface area (Å²) in [6.45, 7) is 1.24. The molecule has 1 aromatic rings. The van der Waals surface area contributed by atoms with Crippen LogP contribution in [-0.4, -0.2) is 87.7 Å². The standard InChI is InChI=1S/C23H36N8O8/c1-11(32)18(22(38)39)31-20(36)15(3-2-8-28-23(26)27)29-21(37)16(10-17(25)34)30-19(35)14(24)9-12-4-6-13(33)7-5-12/h4-7,11,14-16,18,32-33H,2-3,8-10,24H2,1H3,(H2,25,34)(H,29,37)(H,30,35)(H,31,36)(H,38,39)(H4,26,27,28). The minimum absolute atomic E-state index is 0.0231. The van der Waals surface area contributed by atoms with E-state index in [9.17, 15) is 39.3 Å². The summed E-state index contributed by atoms with van der Waals surface area (Å²) in [5, 5.41) is 35.2. The molecule has 1 aromatic carbocycles. The van der Waals surface area contributed by atoms with E-state index < -0.39 is 66.3 Å². The van der Waals surface area contributed by atoms with Crippen molar-refractivity contribution in [2.24, 2.45) is 27.9 Å². The van der Waals surface area contributed by atoms with Crippen molar-refractivity contribution in [3.05, 3.63) is 29.8 Å². The number of hydrogen-bond acceptors (Lipinski definition) is 9. The molecule has 16 nitrogen and oxygen atoms in total. The van der Waals surface area contributed by atoms with Crippen LogP contribution in [0.15, 0.2) is 29.3 Å². The van der Waals surface area contributed by atoms with Crippen molar-refractivity contribution >= 4 is 35.6 Å². The zero-order valence-corrected chi connectivity index (χ0v) is 21.4. The lowest BCUT2D eigenvalue weighted by Gasteiger charge is -2.25. The van der Waals surface area contributed by atoms with Crippen molar-refractivity contribution in [2.45, 2.75) is 62.9 Å². The van der Waals surface area contributed by atoms with E-state index in [1.54, 1.807) is 12.1 Å². The number of nitrogens with one attached hydrogen (secondary N) is 3. The number of aliphatic hydroxyl groups is 1. The molecule has 0 aliphatic heterocycles. The van der Waals surface area contributed by atoms with Crippen LogP contribution in [0.2, 0.25) is 0 Å². The average molecular weight is 553 g/mol. The highest BCUT2D eigenvalue weighted by atomic mass is 16.4. The molecule has 0 aliphatic carbocycles. The maximum absolute atomic E-state index is 13.0. The number of carbonyl (C=O) groups is 5. The summed E-state index contributed by atoms with van der Waals surface area (Å²) in [5.41, 5.74) is 22.3. The van der Waals surface area contributed by atoms with Crippen molar-refractivity contribution in [2.75, 3.05) is 6.54 Å². The molecule has 0 aliphatic rings. The second-order valence-corrected chi connectivity index (χ2v) is 8.78. The summed E-state index contributed by atoms with van der Waals surface area (Å²) in [6.07, 6.45) is -1.94. The third-order valence-electron chi connectivity index (χ3n) is 5.39. The second-order valence-electron chi connectivity index (χ2n) is 8.78. The van der Waals surface area contributed by atoms with Gasteiger partial charge in [-0.25, -0.2) is 4.79 Å². The van der Waals surface area contributed by atoms with Gasteiger partial charge in [-0.2, -0.15) is 0 Å². The number of nitrogens with two attached hydrogens (primary N) is 4. The van der Waals surface area contributed by atoms with Gasteiger partial charge in [0.2, 0.25) is 23.6 Å². The van der Waals surface area contributed by atoms with E-state index in [1.165, 1.54) is 12.1 Å². The minimum Gasteiger partial charge on any atom is -0.508 e. The van der Waals surface area contributed by atoms with Crippen molar-refractivity contribution in [3.63, 3.8) is 0 Å². The number of phenols is 1. The van der Waals surface area contributed by atoms with E-state index in [4.69, 9.17) is 22.9 Å². The molecular weight excluding hydrogens is 516 g/mol. The second kappa shape index (κ2) is 15.7. The predicted molar refractivity (Wildman–Crippen MR) is 139 cm³/mol. The highest BCUT2D eigenvalue weighted by Gasteiger charge is 2.32.